The largest absolute Gasteiger partial charge is 0.476 e. The Morgan fingerprint density at radius 2 is 1.35 bits per heavy atom. The van der Waals surface area contributed by atoms with Crippen LogP contribution in [-0.2, 0) is 14.3 Å². The average Bonchev–Trinajstić information content (AvgIpc) is 3.77. The van der Waals surface area contributed by atoms with Crippen LogP contribution in [0.2, 0.25) is 0 Å². The van der Waals surface area contributed by atoms with Crippen LogP contribution < -0.4 is 16.4 Å². The van der Waals surface area contributed by atoms with Gasteiger partial charge in [-0.1, -0.05) is 71.0 Å². The molecule has 14 heteroatoms. The van der Waals surface area contributed by atoms with Gasteiger partial charge in [0.25, 0.3) is 5.91 Å². The predicted molar refractivity (Wildman–Crippen MR) is 182 cm³/mol. The summed E-state index contributed by atoms with van der Waals surface area (Å²) in [5, 5.41) is 21.2. The van der Waals surface area contributed by atoms with Crippen LogP contribution in [0.3, 0.4) is 0 Å². The van der Waals surface area contributed by atoms with Crippen LogP contribution in [0.1, 0.15) is 75.7 Å². The molecule has 0 radical (unpaired) electrons. The first-order valence-electron chi connectivity index (χ1n) is 16.1. The third-order valence-corrected chi connectivity index (χ3v) is 5.86. The molecule has 13 nitrogen and oxygen atoms in total. The number of hydrogen-bond acceptors (Lipinski definition) is 10. The zero-order valence-electron chi connectivity index (χ0n) is 29.2. The standard InChI is InChI=1S/C15H17N3O3.C10H7NO3.C9H19NO2.CH3F/c1-11(19)16-8-5-9-17-15(20)13-10-14(21-18-13)12-6-3-2-4-7-12;12-10(13)8-6-9(14-11-8)7-4-2-1-3-5-7;1-9(2,3)12-8(11)6-4-5-7-10;1-2/h2-4,6-7,10H,5,8-9H2,1H3,(H,16,19)(H,17,20);1-6H,(H,12,13);4-7,10H2,1-3H3;1H3/i;;;1D. The molecule has 0 aliphatic heterocycles. The molecule has 0 aliphatic carbocycles. The second-order valence-electron chi connectivity index (χ2n) is 11.1. The SMILES string of the molecule is CC(=O)NCCCNC(=O)c1cc(-c2ccccc2)on1.CC(C)(C)OC(=O)CCCCN.O=C(O)c1cc(-c2ccccc2)on1.[2H]CF. The summed E-state index contributed by atoms with van der Waals surface area (Å²) in [6, 6.07) is 21.7. The predicted octanol–water partition coefficient (Wildman–Crippen LogP) is 5.68. The van der Waals surface area contributed by atoms with Gasteiger partial charge in [0.1, 0.15) is 5.60 Å². The van der Waals surface area contributed by atoms with E-state index in [4.69, 9.17) is 26.0 Å². The lowest BCUT2D eigenvalue weighted by Crippen LogP contribution is -2.28. The number of carbonyl (C=O) groups is 4. The third kappa shape index (κ3) is 17.9. The van der Waals surface area contributed by atoms with Crippen molar-refractivity contribution in [2.24, 2.45) is 5.73 Å². The molecule has 0 atom stereocenters. The van der Waals surface area contributed by atoms with E-state index in [1.807, 2.05) is 81.4 Å². The molecule has 0 fully saturated rings. The number of carboxylic acids is 1. The van der Waals surface area contributed by atoms with Crippen molar-refractivity contribution in [3.05, 3.63) is 84.2 Å². The number of benzene rings is 2. The van der Waals surface area contributed by atoms with E-state index in [1.165, 1.54) is 13.0 Å². The molecule has 266 valence electrons. The highest BCUT2D eigenvalue weighted by atomic mass is 19.1. The number of carboxylic acid groups (broad SMARTS) is 1. The number of alkyl halides is 1. The topological polar surface area (TPSA) is 200 Å². The van der Waals surface area contributed by atoms with Crippen molar-refractivity contribution in [2.75, 3.05) is 26.8 Å². The van der Waals surface area contributed by atoms with E-state index in [-0.39, 0.29) is 34.8 Å². The molecule has 49 heavy (non-hydrogen) atoms. The molecule has 0 aliphatic rings. The van der Waals surface area contributed by atoms with Crippen LogP contribution in [0.15, 0.2) is 81.8 Å². The molecule has 2 amide bonds. The van der Waals surface area contributed by atoms with Gasteiger partial charge in [0.15, 0.2) is 22.9 Å². The number of amides is 2. The van der Waals surface area contributed by atoms with Crippen molar-refractivity contribution in [1.82, 2.24) is 20.9 Å². The Bertz CT molecular complexity index is 1560. The first kappa shape index (κ1) is 39.8. The lowest BCUT2D eigenvalue weighted by Gasteiger charge is -2.19. The normalized spacial score (nSPS) is 10.4. The zero-order valence-corrected chi connectivity index (χ0v) is 28.2. The highest BCUT2D eigenvalue weighted by molar-refractivity contribution is 5.93. The van der Waals surface area contributed by atoms with Crippen LogP contribution in [-0.4, -0.2) is 71.6 Å². The number of nitrogens with zero attached hydrogens (tertiary/aromatic N) is 2. The summed E-state index contributed by atoms with van der Waals surface area (Å²) in [5.74, 6) is -0.567. The minimum absolute atomic E-state index is 0.0784. The van der Waals surface area contributed by atoms with Crippen molar-refractivity contribution < 1.29 is 43.8 Å². The van der Waals surface area contributed by atoms with Crippen molar-refractivity contribution in [3.8, 4) is 22.6 Å². The average molecular weight is 685 g/mol. The highest BCUT2D eigenvalue weighted by Crippen LogP contribution is 2.20. The molecule has 0 unspecified atom stereocenters. The molecular weight excluding hydrogens is 637 g/mol. The Balaban J connectivity index is 0.000000377. The molecule has 4 rings (SSSR count). The van der Waals surface area contributed by atoms with Gasteiger partial charge in [-0.2, -0.15) is 0 Å². The Hall–Kier alpha value is -5.37. The number of carbonyl (C=O) groups excluding carboxylic acids is 3. The molecule has 0 bridgehead atoms. The van der Waals surface area contributed by atoms with Crippen molar-refractivity contribution in [1.29, 1.82) is 0 Å². The minimum Gasteiger partial charge on any atom is -0.476 e. The van der Waals surface area contributed by atoms with Gasteiger partial charge in [0.05, 0.1) is 8.52 Å². The van der Waals surface area contributed by atoms with Gasteiger partial charge >= 0.3 is 11.9 Å². The summed E-state index contributed by atoms with van der Waals surface area (Å²) < 4.78 is 30.6. The summed E-state index contributed by atoms with van der Waals surface area (Å²) in [4.78, 5) is 44.1. The summed E-state index contributed by atoms with van der Waals surface area (Å²) in [5.41, 5.74) is 6.78. The second kappa shape index (κ2) is 23.0. The second-order valence-corrected chi connectivity index (χ2v) is 11.1. The van der Waals surface area contributed by atoms with Crippen LogP contribution >= 0.6 is 0 Å². The molecule has 2 aromatic carbocycles. The number of aromatic carboxylic acids is 1. The van der Waals surface area contributed by atoms with Gasteiger partial charge in [-0.3, -0.25) is 18.8 Å². The highest BCUT2D eigenvalue weighted by Gasteiger charge is 2.15. The maximum Gasteiger partial charge on any atom is 0.358 e. The van der Waals surface area contributed by atoms with E-state index < -0.39 is 13.1 Å². The third-order valence-electron chi connectivity index (χ3n) is 5.86. The molecular formula is C35H46FN5O8. The fourth-order valence-corrected chi connectivity index (χ4v) is 3.69. The van der Waals surface area contributed by atoms with Crippen LogP contribution in [0.5, 0.6) is 0 Å². The molecule has 0 spiro atoms. The van der Waals surface area contributed by atoms with Crippen molar-refractivity contribution in [3.63, 3.8) is 0 Å². The number of halogens is 1. The smallest absolute Gasteiger partial charge is 0.358 e. The Morgan fingerprint density at radius 3 is 1.80 bits per heavy atom. The number of aromatic nitrogens is 2. The number of hydrogen-bond donors (Lipinski definition) is 4. The van der Waals surface area contributed by atoms with Gasteiger partial charge in [-0.25, -0.2) is 4.79 Å². The fourth-order valence-electron chi connectivity index (χ4n) is 3.69. The molecule has 0 saturated carbocycles. The van der Waals surface area contributed by atoms with Gasteiger partial charge in [0, 0.05) is 49.7 Å². The quantitative estimate of drug-likeness (QED) is 0.106. The van der Waals surface area contributed by atoms with Gasteiger partial charge in [-0.05, 0) is 46.6 Å². The van der Waals surface area contributed by atoms with E-state index in [9.17, 15) is 23.6 Å². The van der Waals surface area contributed by atoms with Gasteiger partial charge in [-0.15, -0.1) is 0 Å². The molecule has 5 N–H and O–H groups in total. The number of nitrogens with one attached hydrogen (secondary N) is 2. The fraction of sp³-hybridized carbons (Fsp3) is 0.371. The summed E-state index contributed by atoms with van der Waals surface area (Å²) in [6.07, 6.45) is 2.86. The summed E-state index contributed by atoms with van der Waals surface area (Å²) in [7, 11) is -1.00. The monoisotopic (exact) mass is 684 g/mol. The molecule has 2 heterocycles. The maximum atomic E-state index is 11.9. The number of esters is 1. The van der Waals surface area contributed by atoms with Crippen LogP contribution in [0.25, 0.3) is 22.6 Å². The Morgan fingerprint density at radius 1 is 0.857 bits per heavy atom. The van der Waals surface area contributed by atoms with Crippen molar-refractivity contribution >= 4 is 23.8 Å². The van der Waals surface area contributed by atoms with Crippen molar-refractivity contribution in [2.45, 2.75) is 59.0 Å². The molecule has 0 saturated heterocycles. The number of rotatable bonds is 12. The van der Waals surface area contributed by atoms with E-state index in [2.05, 4.69) is 20.9 Å². The Kier molecular flexibility index (Phi) is 18.7. The number of nitrogens with two attached hydrogens (primary N) is 1. The molecule has 4 aromatic rings. The number of ether oxygens (including phenoxy) is 1. The van der Waals surface area contributed by atoms with Gasteiger partial charge < -0.3 is 35.3 Å². The van der Waals surface area contributed by atoms with Crippen LogP contribution in [0, 0.1) is 0 Å². The summed E-state index contributed by atoms with van der Waals surface area (Å²) >= 11 is 0. The van der Waals surface area contributed by atoms with Gasteiger partial charge in [0.2, 0.25) is 5.91 Å². The van der Waals surface area contributed by atoms with Crippen LogP contribution in [0.4, 0.5) is 4.39 Å². The first-order valence-corrected chi connectivity index (χ1v) is 15.4. The van der Waals surface area contributed by atoms with E-state index in [1.54, 1.807) is 6.07 Å². The number of unbranched alkanes of at least 4 members (excludes halogenated alkanes) is 1. The molecule has 2 aromatic heterocycles. The minimum atomic E-state index is -1.09. The summed E-state index contributed by atoms with van der Waals surface area (Å²) in [6.45, 7) is 8.70. The van der Waals surface area contributed by atoms with E-state index in [0.29, 0.717) is 44.0 Å². The zero-order chi connectivity index (χ0) is 37.4. The van der Waals surface area contributed by atoms with E-state index >= 15 is 0 Å². The first-order chi connectivity index (χ1) is 23.8. The maximum absolute atomic E-state index is 11.9. The Labute approximate surface area is 286 Å². The lowest BCUT2D eigenvalue weighted by atomic mass is 10.1. The lowest BCUT2D eigenvalue weighted by molar-refractivity contribution is -0.154. The van der Waals surface area contributed by atoms with E-state index in [0.717, 1.165) is 24.0 Å².